The second-order valence-electron chi connectivity index (χ2n) is 7.79. The molecule has 1 aliphatic heterocycles. The fourth-order valence-corrected chi connectivity index (χ4v) is 4.05. The number of nitrogens with zero attached hydrogens (tertiary/aromatic N) is 1. The molecule has 1 heterocycles. The number of methoxy groups -OCH3 is 2. The summed E-state index contributed by atoms with van der Waals surface area (Å²) in [5.41, 5.74) is 0.634. The number of ether oxygens (including phenoxy) is 3. The summed E-state index contributed by atoms with van der Waals surface area (Å²) in [6.07, 6.45) is 1.53. The molecule has 1 saturated heterocycles. The third-order valence-corrected chi connectivity index (χ3v) is 5.85. The standard InChI is InChI=1S/C24H31ClN2O5/c1-30-18-6-8-19(9-7-18)32-14-11-23(28)26-21(16-27-12-3-4-13-27)24(29)17-5-10-22(31-2)20(25)15-17/h5-10,15,21,24,29H,3-4,11-14,16H2,1-2H3,(H,26,28)/t21-,24-/m1/s1. The minimum Gasteiger partial charge on any atom is -0.497 e. The monoisotopic (exact) mass is 462 g/mol. The number of benzene rings is 2. The van der Waals surface area contributed by atoms with Crippen molar-refractivity contribution in [2.45, 2.75) is 31.4 Å². The number of amides is 1. The van der Waals surface area contributed by atoms with E-state index in [0.717, 1.165) is 31.7 Å². The van der Waals surface area contributed by atoms with E-state index in [1.807, 2.05) is 0 Å². The summed E-state index contributed by atoms with van der Waals surface area (Å²) in [7, 11) is 3.15. The SMILES string of the molecule is COc1ccc(OCCC(=O)N[C@H](CN2CCCC2)[C@H](O)c2ccc(OC)c(Cl)c2)cc1. The Morgan fingerprint density at radius 2 is 1.78 bits per heavy atom. The lowest BCUT2D eigenvalue weighted by atomic mass is 10.0. The molecule has 2 atom stereocenters. The van der Waals surface area contributed by atoms with Crippen molar-refractivity contribution in [3.05, 3.63) is 53.1 Å². The lowest BCUT2D eigenvalue weighted by molar-refractivity contribution is -0.123. The lowest BCUT2D eigenvalue weighted by Crippen LogP contribution is -2.47. The maximum Gasteiger partial charge on any atom is 0.223 e. The number of nitrogens with one attached hydrogen (secondary N) is 1. The number of halogens is 1. The minimum atomic E-state index is -0.898. The summed E-state index contributed by atoms with van der Waals surface area (Å²) < 4.78 is 16.0. The van der Waals surface area contributed by atoms with Gasteiger partial charge in [0.15, 0.2) is 0 Å². The summed E-state index contributed by atoms with van der Waals surface area (Å²) in [4.78, 5) is 14.9. The van der Waals surface area contributed by atoms with E-state index in [-0.39, 0.29) is 18.9 Å². The molecule has 0 radical (unpaired) electrons. The van der Waals surface area contributed by atoms with Crippen LogP contribution in [0.1, 0.15) is 30.9 Å². The van der Waals surface area contributed by atoms with Gasteiger partial charge in [-0.2, -0.15) is 0 Å². The van der Waals surface area contributed by atoms with Crippen LogP contribution in [-0.4, -0.2) is 62.4 Å². The molecule has 3 rings (SSSR count). The van der Waals surface area contributed by atoms with Crippen LogP contribution in [0.3, 0.4) is 0 Å². The molecule has 0 aromatic heterocycles. The van der Waals surface area contributed by atoms with Gasteiger partial charge in [-0.25, -0.2) is 0 Å². The molecule has 0 unspecified atom stereocenters. The van der Waals surface area contributed by atoms with Crippen LogP contribution in [0.15, 0.2) is 42.5 Å². The van der Waals surface area contributed by atoms with E-state index in [2.05, 4.69) is 10.2 Å². The normalized spacial score (nSPS) is 15.8. The first kappa shape index (κ1) is 24.2. The Hall–Kier alpha value is -2.48. The van der Waals surface area contributed by atoms with Crippen LogP contribution in [0.4, 0.5) is 0 Å². The number of aliphatic hydroxyl groups excluding tert-OH is 1. The molecule has 2 N–H and O–H groups in total. The van der Waals surface area contributed by atoms with Gasteiger partial charge >= 0.3 is 0 Å². The number of carbonyl (C=O) groups is 1. The summed E-state index contributed by atoms with van der Waals surface area (Å²) in [5.74, 6) is 1.77. The quantitative estimate of drug-likeness (QED) is 0.532. The van der Waals surface area contributed by atoms with E-state index in [0.29, 0.717) is 28.6 Å². The van der Waals surface area contributed by atoms with Crippen molar-refractivity contribution >= 4 is 17.5 Å². The van der Waals surface area contributed by atoms with E-state index in [9.17, 15) is 9.90 Å². The number of rotatable bonds is 11. The average Bonchev–Trinajstić information content (AvgIpc) is 3.31. The summed E-state index contributed by atoms with van der Waals surface area (Å²) in [6.45, 7) is 2.72. The van der Waals surface area contributed by atoms with Crippen molar-refractivity contribution in [3.63, 3.8) is 0 Å². The topological polar surface area (TPSA) is 80.3 Å². The second-order valence-corrected chi connectivity index (χ2v) is 8.20. The van der Waals surface area contributed by atoms with Crippen LogP contribution >= 0.6 is 11.6 Å². The van der Waals surface area contributed by atoms with Crippen LogP contribution in [0.5, 0.6) is 17.2 Å². The van der Waals surface area contributed by atoms with E-state index < -0.39 is 12.1 Å². The molecule has 0 bridgehead atoms. The average molecular weight is 463 g/mol. The first-order valence-corrected chi connectivity index (χ1v) is 11.2. The molecule has 0 aliphatic carbocycles. The highest BCUT2D eigenvalue weighted by atomic mass is 35.5. The first-order valence-electron chi connectivity index (χ1n) is 10.8. The summed E-state index contributed by atoms with van der Waals surface area (Å²) in [6, 6.07) is 11.9. The number of hydrogen-bond donors (Lipinski definition) is 2. The zero-order valence-electron chi connectivity index (χ0n) is 18.6. The van der Waals surface area contributed by atoms with Crippen molar-refractivity contribution in [2.75, 3.05) is 40.5 Å². The van der Waals surface area contributed by atoms with Gasteiger partial charge in [0.05, 0.1) is 38.3 Å². The Morgan fingerprint density at radius 3 is 2.41 bits per heavy atom. The molecule has 174 valence electrons. The maximum atomic E-state index is 12.6. The molecule has 1 aliphatic rings. The van der Waals surface area contributed by atoms with Crippen molar-refractivity contribution < 1.29 is 24.1 Å². The summed E-state index contributed by atoms with van der Waals surface area (Å²) in [5, 5.41) is 14.5. The van der Waals surface area contributed by atoms with Gasteiger partial charge in [0.2, 0.25) is 5.91 Å². The molecular formula is C24H31ClN2O5. The predicted molar refractivity (Wildman–Crippen MR) is 124 cm³/mol. The van der Waals surface area contributed by atoms with E-state index in [1.54, 1.807) is 56.7 Å². The van der Waals surface area contributed by atoms with Crippen LogP contribution in [-0.2, 0) is 4.79 Å². The highest BCUT2D eigenvalue weighted by Gasteiger charge is 2.27. The van der Waals surface area contributed by atoms with Crippen molar-refractivity contribution in [1.82, 2.24) is 10.2 Å². The number of likely N-dealkylation sites (tertiary alicyclic amines) is 1. The zero-order valence-corrected chi connectivity index (χ0v) is 19.3. The van der Waals surface area contributed by atoms with E-state index in [1.165, 1.54) is 0 Å². The third kappa shape index (κ3) is 6.76. The van der Waals surface area contributed by atoms with Crippen LogP contribution < -0.4 is 19.5 Å². The number of hydrogen-bond acceptors (Lipinski definition) is 6. The molecule has 2 aromatic carbocycles. The fourth-order valence-electron chi connectivity index (χ4n) is 3.78. The number of carbonyl (C=O) groups excluding carboxylic acids is 1. The summed E-state index contributed by atoms with van der Waals surface area (Å²) >= 11 is 6.24. The van der Waals surface area contributed by atoms with Gasteiger partial charge in [-0.1, -0.05) is 17.7 Å². The van der Waals surface area contributed by atoms with E-state index in [4.69, 9.17) is 25.8 Å². The largest absolute Gasteiger partial charge is 0.497 e. The first-order chi connectivity index (χ1) is 15.5. The fraction of sp³-hybridized carbons (Fsp3) is 0.458. The highest BCUT2D eigenvalue weighted by molar-refractivity contribution is 6.32. The Morgan fingerprint density at radius 1 is 1.09 bits per heavy atom. The van der Waals surface area contributed by atoms with Gasteiger partial charge in [-0.15, -0.1) is 0 Å². The highest BCUT2D eigenvalue weighted by Crippen LogP contribution is 2.29. The Balaban J connectivity index is 1.59. The van der Waals surface area contributed by atoms with Crippen LogP contribution in [0.25, 0.3) is 0 Å². The van der Waals surface area contributed by atoms with Crippen LogP contribution in [0.2, 0.25) is 5.02 Å². The van der Waals surface area contributed by atoms with Gasteiger partial charge in [0, 0.05) is 6.54 Å². The number of aliphatic hydroxyl groups is 1. The molecule has 7 nitrogen and oxygen atoms in total. The van der Waals surface area contributed by atoms with Gasteiger partial charge in [0.1, 0.15) is 23.4 Å². The Bertz CT molecular complexity index is 871. The van der Waals surface area contributed by atoms with Crippen molar-refractivity contribution in [1.29, 1.82) is 0 Å². The minimum absolute atomic E-state index is 0.179. The Labute approximate surface area is 194 Å². The third-order valence-electron chi connectivity index (χ3n) is 5.56. The van der Waals surface area contributed by atoms with Gasteiger partial charge in [0.25, 0.3) is 0 Å². The Kier molecular flexibility index (Phi) is 9.02. The van der Waals surface area contributed by atoms with Gasteiger partial charge in [-0.05, 0) is 67.9 Å². The van der Waals surface area contributed by atoms with Gasteiger partial charge in [-0.3, -0.25) is 4.79 Å². The van der Waals surface area contributed by atoms with Crippen molar-refractivity contribution in [3.8, 4) is 17.2 Å². The lowest BCUT2D eigenvalue weighted by Gasteiger charge is -2.29. The maximum absolute atomic E-state index is 12.6. The molecule has 32 heavy (non-hydrogen) atoms. The van der Waals surface area contributed by atoms with Gasteiger partial charge < -0.3 is 29.5 Å². The molecule has 8 heteroatoms. The van der Waals surface area contributed by atoms with E-state index >= 15 is 0 Å². The molecular weight excluding hydrogens is 432 g/mol. The predicted octanol–water partition coefficient (Wildman–Crippen LogP) is 3.44. The molecule has 2 aromatic rings. The smallest absolute Gasteiger partial charge is 0.223 e. The zero-order chi connectivity index (χ0) is 22.9. The second kappa shape index (κ2) is 11.9. The molecule has 0 spiro atoms. The molecule has 1 amide bonds. The molecule has 1 fully saturated rings. The molecule has 0 saturated carbocycles. The van der Waals surface area contributed by atoms with Crippen molar-refractivity contribution in [2.24, 2.45) is 0 Å². The van der Waals surface area contributed by atoms with Crippen LogP contribution in [0, 0.1) is 0 Å².